The summed E-state index contributed by atoms with van der Waals surface area (Å²) in [6.07, 6.45) is 0.0621. The highest BCUT2D eigenvalue weighted by Gasteiger charge is 2.31. The van der Waals surface area contributed by atoms with Crippen molar-refractivity contribution in [3.63, 3.8) is 0 Å². The fourth-order valence-electron chi connectivity index (χ4n) is 2.99. The van der Waals surface area contributed by atoms with E-state index in [-0.39, 0.29) is 12.5 Å². The van der Waals surface area contributed by atoms with Gasteiger partial charge in [-0.25, -0.2) is 4.68 Å². The van der Waals surface area contributed by atoms with E-state index in [0.29, 0.717) is 5.88 Å². The first-order chi connectivity index (χ1) is 9.93. The second kappa shape index (κ2) is 6.44. The third-order valence-corrected chi connectivity index (χ3v) is 4.09. The van der Waals surface area contributed by atoms with Gasteiger partial charge in [0.1, 0.15) is 0 Å². The molecule has 0 spiro atoms. The van der Waals surface area contributed by atoms with Crippen molar-refractivity contribution < 1.29 is 14.6 Å². The minimum absolute atomic E-state index is 0.0621. The number of rotatable bonds is 5. The van der Waals surface area contributed by atoms with Crippen LogP contribution in [0.2, 0.25) is 0 Å². The lowest BCUT2D eigenvalue weighted by atomic mass is 10.0. The maximum atomic E-state index is 11.3. The topological polar surface area (TPSA) is 70.8 Å². The van der Waals surface area contributed by atoms with Gasteiger partial charge in [0, 0.05) is 33.2 Å². The Balaban J connectivity index is 2.34. The molecule has 21 heavy (non-hydrogen) atoms. The van der Waals surface area contributed by atoms with Crippen LogP contribution in [0.4, 0.5) is 0 Å². The molecular formula is C14H24N4O3. The molecule has 1 atom stereocenters. The number of carboxylic acids is 1. The largest absolute Gasteiger partial charge is 0.481 e. The molecule has 1 N–H and O–H groups in total. The summed E-state index contributed by atoms with van der Waals surface area (Å²) in [6, 6.07) is -0.195. The smallest absolute Gasteiger partial charge is 0.305 e. The Morgan fingerprint density at radius 3 is 2.48 bits per heavy atom. The third kappa shape index (κ3) is 3.36. The highest BCUT2D eigenvalue weighted by atomic mass is 16.5. The third-order valence-electron chi connectivity index (χ3n) is 4.09. The van der Waals surface area contributed by atoms with Crippen molar-refractivity contribution in [1.29, 1.82) is 0 Å². The van der Waals surface area contributed by atoms with Crippen molar-refractivity contribution >= 4 is 5.97 Å². The second-order valence-corrected chi connectivity index (χ2v) is 5.58. The van der Waals surface area contributed by atoms with Gasteiger partial charge in [0.25, 0.3) is 0 Å². The molecule has 0 aromatic carbocycles. The Labute approximate surface area is 125 Å². The molecule has 0 radical (unpaired) electrons. The molecule has 1 fully saturated rings. The number of ether oxygens (including phenoxy) is 1. The number of carbonyl (C=O) groups is 1. The summed E-state index contributed by atoms with van der Waals surface area (Å²) in [7, 11) is 5.50. The summed E-state index contributed by atoms with van der Waals surface area (Å²) in [5.41, 5.74) is 1.73. The zero-order valence-electron chi connectivity index (χ0n) is 13.2. The maximum Gasteiger partial charge on any atom is 0.305 e. The first-order valence-electron chi connectivity index (χ1n) is 7.16. The number of likely N-dealkylation sites (N-methyl/N-ethyl adjacent to an activating group) is 1. The van der Waals surface area contributed by atoms with Crippen LogP contribution < -0.4 is 4.74 Å². The molecule has 1 aliphatic heterocycles. The number of carboxylic acid groups (broad SMARTS) is 1. The number of nitrogens with zero attached hydrogens (tertiary/aromatic N) is 4. The average molecular weight is 296 g/mol. The Morgan fingerprint density at radius 1 is 1.33 bits per heavy atom. The number of hydrogen-bond donors (Lipinski definition) is 1. The maximum absolute atomic E-state index is 11.3. The van der Waals surface area contributed by atoms with Crippen LogP contribution >= 0.6 is 0 Å². The van der Waals surface area contributed by atoms with E-state index >= 15 is 0 Å². The molecule has 1 unspecified atom stereocenters. The van der Waals surface area contributed by atoms with Gasteiger partial charge in [0.05, 0.1) is 30.8 Å². The van der Waals surface area contributed by atoms with Crippen molar-refractivity contribution in [2.24, 2.45) is 7.05 Å². The van der Waals surface area contributed by atoms with Crippen molar-refractivity contribution in [3.05, 3.63) is 11.3 Å². The molecule has 7 nitrogen and oxygen atoms in total. The number of hydrogen-bond acceptors (Lipinski definition) is 5. The lowest BCUT2D eigenvalue weighted by Gasteiger charge is -2.37. The van der Waals surface area contributed by atoms with Crippen LogP contribution in [-0.4, -0.2) is 71.0 Å². The SMILES string of the molecule is COc1c(C(CC(=O)O)N2CCN(C)CC2)c(C)nn1C. The lowest BCUT2D eigenvalue weighted by molar-refractivity contribution is -0.138. The highest BCUT2D eigenvalue weighted by Crippen LogP contribution is 2.34. The monoisotopic (exact) mass is 296 g/mol. The Hall–Kier alpha value is -1.60. The molecule has 2 rings (SSSR count). The van der Waals surface area contributed by atoms with Crippen LogP contribution in [0.5, 0.6) is 5.88 Å². The molecule has 2 heterocycles. The minimum Gasteiger partial charge on any atom is -0.481 e. The van der Waals surface area contributed by atoms with Crippen LogP contribution in [0.3, 0.4) is 0 Å². The number of aliphatic carboxylic acids is 1. The van der Waals surface area contributed by atoms with Gasteiger partial charge in [-0.1, -0.05) is 0 Å². The molecule has 0 amide bonds. The standard InChI is InChI=1S/C14H24N4O3/c1-10-13(14(21-4)17(3)15-10)11(9-12(19)20)18-7-5-16(2)6-8-18/h11H,5-9H2,1-4H3,(H,19,20). The number of piperazine rings is 1. The fourth-order valence-corrected chi connectivity index (χ4v) is 2.99. The molecule has 1 aliphatic rings. The lowest BCUT2D eigenvalue weighted by Crippen LogP contribution is -2.46. The van der Waals surface area contributed by atoms with Gasteiger partial charge in [0.2, 0.25) is 5.88 Å². The number of aromatic nitrogens is 2. The Kier molecular flexibility index (Phi) is 4.84. The molecule has 1 aromatic heterocycles. The second-order valence-electron chi connectivity index (χ2n) is 5.58. The summed E-state index contributed by atoms with van der Waals surface area (Å²) in [4.78, 5) is 15.8. The van der Waals surface area contributed by atoms with E-state index in [2.05, 4.69) is 21.9 Å². The van der Waals surface area contributed by atoms with Crippen molar-refractivity contribution in [1.82, 2.24) is 19.6 Å². The summed E-state index contributed by atoms with van der Waals surface area (Å²) in [5.74, 6) is -0.151. The van der Waals surface area contributed by atoms with E-state index < -0.39 is 5.97 Å². The molecule has 7 heteroatoms. The van der Waals surface area contributed by atoms with Gasteiger partial charge in [0.15, 0.2) is 0 Å². The molecule has 0 bridgehead atoms. The van der Waals surface area contributed by atoms with E-state index in [0.717, 1.165) is 37.4 Å². The van der Waals surface area contributed by atoms with E-state index in [1.165, 1.54) is 0 Å². The first-order valence-corrected chi connectivity index (χ1v) is 7.16. The molecule has 1 aromatic rings. The summed E-state index contributed by atoms with van der Waals surface area (Å²) in [6.45, 7) is 5.50. The molecular weight excluding hydrogens is 272 g/mol. The molecule has 0 saturated carbocycles. The zero-order valence-corrected chi connectivity index (χ0v) is 13.2. The van der Waals surface area contributed by atoms with Crippen molar-refractivity contribution in [2.75, 3.05) is 40.3 Å². The van der Waals surface area contributed by atoms with Crippen LogP contribution in [0.1, 0.15) is 23.7 Å². The predicted octanol–water partition coefficient (Wildman–Crippen LogP) is 0.500. The highest BCUT2D eigenvalue weighted by molar-refractivity contribution is 5.68. The first kappa shape index (κ1) is 15.8. The quantitative estimate of drug-likeness (QED) is 0.853. The molecule has 0 aliphatic carbocycles. The van der Waals surface area contributed by atoms with Gasteiger partial charge >= 0.3 is 5.97 Å². The normalized spacial score (nSPS) is 18.7. The molecule has 118 valence electrons. The van der Waals surface area contributed by atoms with Gasteiger partial charge in [-0.2, -0.15) is 5.10 Å². The van der Waals surface area contributed by atoms with Crippen LogP contribution in [0.15, 0.2) is 0 Å². The fraction of sp³-hybridized carbons (Fsp3) is 0.714. The zero-order chi connectivity index (χ0) is 15.6. The van der Waals surface area contributed by atoms with E-state index in [1.54, 1.807) is 11.8 Å². The van der Waals surface area contributed by atoms with Crippen LogP contribution in [0.25, 0.3) is 0 Å². The van der Waals surface area contributed by atoms with Crippen LogP contribution in [-0.2, 0) is 11.8 Å². The van der Waals surface area contributed by atoms with Gasteiger partial charge in [-0.3, -0.25) is 9.69 Å². The van der Waals surface area contributed by atoms with Gasteiger partial charge in [-0.05, 0) is 14.0 Å². The van der Waals surface area contributed by atoms with Crippen LogP contribution in [0, 0.1) is 6.92 Å². The number of aryl methyl sites for hydroxylation is 2. The summed E-state index contributed by atoms with van der Waals surface area (Å²) >= 11 is 0. The van der Waals surface area contributed by atoms with Crippen molar-refractivity contribution in [3.8, 4) is 5.88 Å². The minimum atomic E-state index is -0.802. The van der Waals surface area contributed by atoms with E-state index in [4.69, 9.17) is 4.74 Å². The Bertz CT molecular complexity index is 507. The van der Waals surface area contributed by atoms with Gasteiger partial charge < -0.3 is 14.7 Å². The Morgan fingerprint density at radius 2 is 1.95 bits per heavy atom. The van der Waals surface area contributed by atoms with Crippen molar-refractivity contribution in [2.45, 2.75) is 19.4 Å². The van der Waals surface area contributed by atoms with E-state index in [1.807, 2.05) is 14.0 Å². The summed E-state index contributed by atoms with van der Waals surface area (Å²) in [5, 5.41) is 13.7. The number of methoxy groups -OCH3 is 1. The van der Waals surface area contributed by atoms with E-state index in [9.17, 15) is 9.90 Å². The molecule has 1 saturated heterocycles. The predicted molar refractivity (Wildman–Crippen MR) is 78.6 cm³/mol. The average Bonchev–Trinajstić information content (AvgIpc) is 2.71. The van der Waals surface area contributed by atoms with Gasteiger partial charge in [-0.15, -0.1) is 0 Å². The summed E-state index contributed by atoms with van der Waals surface area (Å²) < 4.78 is 7.12.